The van der Waals surface area contributed by atoms with Gasteiger partial charge in [0.1, 0.15) is 12.4 Å². The predicted molar refractivity (Wildman–Crippen MR) is 122 cm³/mol. The maximum atomic E-state index is 13.3. The molecule has 1 aliphatic rings. The standard InChI is InChI=1S/C25H24N4O3/c30-24(20-5-1-4-8-23(20)32-17-18-9-13-26-14-10-18)28-15-11-19(12-16-28)29-22-7-3-2-6-21(22)27-25(29)31/h1-10,13-14,19H,11-12,15-17H2,(H,27,31). The van der Waals surface area contributed by atoms with Gasteiger partial charge in [-0.25, -0.2) is 4.79 Å². The van der Waals surface area contributed by atoms with Crippen molar-refractivity contribution in [2.75, 3.05) is 13.1 Å². The molecule has 7 nitrogen and oxygen atoms in total. The monoisotopic (exact) mass is 428 g/mol. The third-order valence-corrected chi connectivity index (χ3v) is 6.00. The first kappa shape index (κ1) is 20.1. The van der Waals surface area contributed by atoms with Gasteiger partial charge < -0.3 is 14.6 Å². The number of aromatic nitrogens is 3. The minimum atomic E-state index is -0.0918. The van der Waals surface area contributed by atoms with Gasteiger partial charge in [0.05, 0.1) is 16.6 Å². The number of rotatable bonds is 5. The largest absolute Gasteiger partial charge is 0.488 e. The quantitative estimate of drug-likeness (QED) is 0.525. The van der Waals surface area contributed by atoms with Gasteiger partial charge in [-0.2, -0.15) is 0 Å². The minimum Gasteiger partial charge on any atom is -0.488 e. The van der Waals surface area contributed by atoms with Crippen LogP contribution in [-0.2, 0) is 6.61 Å². The average molecular weight is 428 g/mol. The number of hydrogen-bond donors (Lipinski definition) is 1. The first-order valence-corrected chi connectivity index (χ1v) is 10.8. The number of nitrogens with zero attached hydrogens (tertiary/aromatic N) is 3. The molecule has 162 valence electrons. The Bertz CT molecular complexity index is 1290. The number of carbonyl (C=O) groups is 1. The van der Waals surface area contributed by atoms with Gasteiger partial charge in [-0.3, -0.25) is 14.3 Å². The van der Waals surface area contributed by atoms with Crippen LogP contribution >= 0.6 is 0 Å². The molecule has 2 aromatic carbocycles. The lowest BCUT2D eigenvalue weighted by molar-refractivity contribution is 0.0690. The molecule has 1 saturated heterocycles. The molecule has 1 amide bonds. The number of pyridine rings is 1. The fourth-order valence-corrected chi connectivity index (χ4v) is 4.34. The van der Waals surface area contributed by atoms with Crippen molar-refractivity contribution in [1.82, 2.24) is 19.4 Å². The number of benzene rings is 2. The molecule has 1 N–H and O–H groups in total. The van der Waals surface area contributed by atoms with E-state index in [-0.39, 0.29) is 17.6 Å². The van der Waals surface area contributed by atoms with E-state index < -0.39 is 0 Å². The molecule has 0 unspecified atom stereocenters. The van der Waals surface area contributed by atoms with Crippen LogP contribution in [0.1, 0.15) is 34.8 Å². The van der Waals surface area contributed by atoms with Crippen LogP contribution in [0.15, 0.2) is 77.9 Å². The Morgan fingerprint density at radius 3 is 2.53 bits per heavy atom. The Morgan fingerprint density at radius 1 is 1.00 bits per heavy atom. The molecule has 0 aliphatic carbocycles. The summed E-state index contributed by atoms with van der Waals surface area (Å²) in [5, 5.41) is 0. The van der Waals surface area contributed by atoms with E-state index in [4.69, 9.17) is 4.74 Å². The second-order valence-electron chi connectivity index (χ2n) is 7.98. The van der Waals surface area contributed by atoms with Crippen LogP contribution in [0, 0.1) is 0 Å². The summed E-state index contributed by atoms with van der Waals surface area (Å²) >= 11 is 0. The van der Waals surface area contributed by atoms with Crippen LogP contribution < -0.4 is 10.4 Å². The molecule has 1 fully saturated rings. The van der Waals surface area contributed by atoms with Crippen LogP contribution in [0.5, 0.6) is 5.75 Å². The van der Waals surface area contributed by atoms with Gasteiger partial charge in [-0.1, -0.05) is 24.3 Å². The van der Waals surface area contributed by atoms with Gasteiger partial charge in [0.25, 0.3) is 5.91 Å². The smallest absolute Gasteiger partial charge is 0.326 e. The SMILES string of the molecule is O=C(c1ccccc1OCc1ccncc1)N1CCC(n2c(=O)[nH]c3ccccc32)CC1. The average Bonchev–Trinajstić information content (AvgIpc) is 3.19. The number of imidazole rings is 1. The van der Waals surface area contributed by atoms with Crippen molar-refractivity contribution in [3.63, 3.8) is 0 Å². The van der Waals surface area contributed by atoms with E-state index in [0.29, 0.717) is 31.0 Å². The number of nitrogens with one attached hydrogen (secondary N) is 1. The molecule has 0 radical (unpaired) electrons. The molecule has 4 aromatic rings. The number of fused-ring (bicyclic) bond motifs is 1. The first-order chi connectivity index (χ1) is 15.7. The van der Waals surface area contributed by atoms with E-state index in [1.54, 1.807) is 18.5 Å². The number of amides is 1. The van der Waals surface area contributed by atoms with Crippen LogP contribution in [0.4, 0.5) is 0 Å². The van der Waals surface area contributed by atoms with E-state index in [1.165, 1.54) is 0 Å². The van der Waals surface area contributed by atoms with Gasteiger partial charge in [-0.05, 0) is 54.8 Å². The Kier molecular flexibility index (Phi) is 5.46. The van der Waals surface area contributed by atoms with E-state index in [9.17, 15) is 9.59 Å². The molecule has 32 heavy (non-hydrogen) atoms. The van der Waals surface area contributed by atoms with Crippen LogP contribution in [0.2, 0.25) is 0 Å². The molecular weight excluding hydrogens is 404 g/mol. The maximum Gasteiger partial charge on any atom is 0.326 e. The number of aromatic amines is 1. The summed E-state index contributed by atoms with van der Waals surface area (Å²) in [7, 11) is 0. The number of para-hydroxylation sites is 3. The highest BCUT2D eigenvalue weighted by Crippen LogP contribution is 2.28. The third-order valence-electron chi connectivity index (χ3n) is 6.00. The molecule has 1 aliphatic heterocycles. The van der Waals surface area contributed by atoms with Crippen molar-refractivity contribution >= 4 is 16.9 Å². The van der Waals surface area contributed by atoms with Crippen molar-refractivity contribution in [2.24, 2.45) is 0 Å². The lowest BCUT2D eigenvalue weighted by Crippen LogP contribution is -2.40. The van der Waals surface area contributed by atoms with Gasteiger partial charge in [0.15, 0.2) is 0 Å². The summed E-state index contributed by atoms with van der Waals surface area (Å²) < 4.78 is 7.79. The van der Waals surface area contributed by atoms with Gasteiger partial charge >= 0.3 is 5.69 Å². The highest BCUT2D eigenvalue weighted by Gasteiger charge is 2.27. The zero-order valence-electron chi connectivity index (χ0n) is 17.6. The molecule has 0 bridgehead atoms. The van der Waals surface area contributed by atoms with Gasteiger partial charge in [0.2, 0.25) is 0 Å². The lowest BCUT2D eigenvalue weighted by Gasteiger charge is -2.33. The fraction of sp³-hybridized carbons (Fsp3) is 0.240. The highest BCUT2D eigenvalue weighted by molar-refractivity contribution is 5.97. The third kappa shape index (κ3) is 3.89. The molecule has 5 rings (SSSR count). The Balaban J connectivity index is 1.29. The van der Waals surface area contributed by atoms with Crippen molar-refractivity contribution < 1.29 is 9.53 Å². The zero-order chi connectivity index (χ0) is 21.9. The van der Waals surface area contributed by atoms with Crippen LogP contribution in [-0.4, -0.2) is 38.4 Å². The minimum absolute atomic E-state index is 0.0416. The summed E-state index contributed by atoms with van der Waals surface area (Å²) in [6, 6.07) is 18.9. The summed E-state index contributed by atoms with van der Waals surface area (Å²) in [6.45, 7) is 1.56. The topological polar surface area (TPSA) is 80.2 Å². The summed E-state index contributed by atoms with van der Waals surface area (Å²) in [6.07, 6.45) is 4.90. The maximum absolute atomic E-state index is 13.3. The van der Waals surface area contributed by atoms with Crippen molar-refractivity contribution in [3.8, 4) is 5.75 Å². The van der Waals surface area contributed by atoms with E-state index >= 15 is 0 Å². The molecular formula is C25H24N4O3. The number of piperidine rings is 1. The number of H-pyrrole nitrogens is 1. The summed E-state index contributed by atoms with van der Waals surface area (Å²) in [5.74, 6) is 0.532. The Morgan fingerprint density at radius 2 is 1.72 bits per heavy atom. The molecule has 0 saturated carbocycles. The van der Waals surface area contributed by atoms with E-state index in [2.05, 4.69) is 9.97 Å². The first-order valence-electron chi connectivity index (χ1n) is 10.8. The Labute approximate surface area is 185 Å². The van der Waals surface area contributed by atoms with Gasteiger partial charge in [0, 0.05) is 31.5 Å². The fourth-order valence-electron chi connectivity index (χ4n) is 4.34. The lowest BCUT2D eigenvalue weighted by atomic mass is 10.0. The van der Waals surface area contributed by atoms with Crippen molar-refractivity contribution in [3.05, 3.63) is 94.7 Å². The van der Waals surface area contributed by atoms with E-state index in [0.717, 1.165) is 29.4 Å². The molecule has 2 aromatic heterocycles. The highest BCUT2D eigenvalue weighted by atomic mass is 16.5. The molecule has 0 spiro atoms. The number of likely N-dealkylation sites (tertiary alicyclic amines) is 1. The number of hydrogen-bond acceptors (Lipinski definition) is 4. The molecule has 7 heteroatoms. The number of ether oxygens (including phenoxy) is 1. The summed E-state index contributed by atoms with van der Waals surface area (Å²) in [4.78, 5) is 34.6. The van der Waals surface area contributed by atoms with Gasteiger partial charge in [-0.15, -0.1) is 0 Å². The second-order valence-corrected chi connectivity index (χ2v) is 7.98. The normalized spacial score (nSPS) is 14.6. The zero-order valence-corrected chi connectivity index (χ0v) is 17.6. The molecule has 0 atom stereocenters. The van der Waals surface area contributed by atoms with E-state index in [1.807, 2.05) is 64.1 Å². The second kappa shape index (κ2) is 8.70. The molecule has 3 heterocycles. The van der Waals surface area contributed by atoms with Crippen LogP contribution in [0.25, 0.3) is 11.0 Å². The predicted octanol–water partition coefficient (Wildman–Crippen LogP) is 3.78. The number of carbonyl (C=O) groups excluding carboxylic acids is 1. The van der Waals surface area contributed by atoms with Crippen LogP contribution in [0.3, 0.4) is 0 Å². The van der Waals surface area contributed by atoms with Crippen molar-refractivity contribution in [1.29, 1.82) is 0 Å². The summed E-state index contributed by atoms with van der Waals surface area (Å²) in [5.41, 5.74) is 3.22. The Hall–Kier alpha value is -3.87. The van der Waals surface area contributed by atoms with Crippen molar-refractivity contribution in [2.45, 2.75) is 25.5 Å².